The van der Waals surface area contributed by atoms with Crippen LogP contribution in [-0.4, -0.2) is 96.7 Å². The first kappa shape index (κ1) is 93.1. The molecule has 0 aromatic heterocycles. The highest BCUT2D eigenvalue weighted by atomic mass is 31.2. The lowest BCUT2D eigenvalue weighted by molar-refractivity contribution is -0.161. The Bertz CT molecular complexity index is 1820. The van der Waals surface area contributed by atoms with Crippen molar-refractivity contribution in [1.29, 1.82) is 0 Å². The van der Waals surface area contributed by atoms with Crippen molar-refractivity contribution in [1.82, 2.24) is 0 Å². The zero-order valence-corrected chi connectivity index (χ0v) is 63.6. The van der Waals surface area contributed by atoms with E-state index in [9.17, 15) is 43.2 Å². The number of hydrogen-bond acceptors (Lipinski definition) is 15. The van der Waals surface area contributed by atoms with Crippen LogP contribution in [0.1, 0.15) is 401 Å². The van der Waals surface area contributed by atoms with Gasteiger partial charge in [-0.1, -0.05) is 349 Å². The third-order valence-corrected chi connectivity index (χ3v) is 19.7. The fourth-order valence-corrected chi connectivity index (χ4v) is 13.3. The van der Waals surface area contributed by atoms with Crippen LogP contribution in [0, 0.1) is 5.92 Å². The SMILES string of the molecule is CCCCCCCCCCCCCCCCC(=O)OC[C@H](COP(=O)(O)OC[C@@H](O)COP(=O)(O)OC[C@@H](COC(=O)CCCCCCCCCC)OC(=O)CCCCCCCCCCCCCC)OC(=O)CCCCCCCCCCCCCCCCCCCCC(C)C. The number of phosphoric ester groups is 2. The van der Waals surface area contributed by atoms with Crippen molar-refractivity contribution in [2.75, 3.05) is 39.6 Å². The zero-order chi connectivity index (χ0) is 69.8. The van der Waals surface area contributed by atoms with Gasteiger partial charge in [0.2, 0.25) is 0 Å². The van der Waals surface area contributed by atoms with Crippen molar-refractivity contribution >= 4 is 39.5 Å². The maximum Gasteiger partial charge on any atom is 0.472 e. The van der Waals surface area contributed by atoms with E-state index in [0.717, 1.165) is 102 Å². The molecule has 0 fully saturated rings. The van der Waals surface area contributed by atoms with Gasteiger partial charge in [-0.05, 0) is 31.6 Å². The molecule has 0 saturated carbocycles. The molecule has 2 unspecified atom stereocenters. The van der Waals surface area contributed by atoms with Gasteiger partial charge < -0.3 is 33.8 Å². The minimum absolute atomic E-state index is 0.108. The lowest BCUT2D eigenvalue weighted by atomic mass is 10.0. The Labute approximate surface area is 581 Å². The Morgan fingerprint density at radius 1 is 0.284 bits per heavy atom. The summed E-state index contributed by atoms with van der Waals surface area (Å²) in [5.74, 6) is -1.29. The van der Waals surface area contributed by atoms with Crippen LogP contribution in [-0.2, 0) is 65.4 Å². The average Bonchev–Trinajstić information content (AvgIpc) is 1.41. The summed E-state index contributed by atoms with van der Waals surface area (Å²) in [6.45, 7) is 7.30. The second kappa shape index (κ2) is 69.2. The summed E-state index contributed by atoms with van der Waals surface area (Å²) in [4.78, 5) is 72.7. The normalized spacial score (nSPS) is 13.9. The number of carbonyl (C=O) groups excluding carboxylic acids is 4. The fraction of sp³-hybridized carbons (Fsp3) is 0.947. The van der Waals surface area contributed by atoms with Crippen molar-refractivity contribution in [3.63, 3.8) is 0 Å². The van der Waals surface area contributed by atoms with Gasteiger partial charge in [0.05, 0.1) is 26.4 Å². The first-order valence-corrected chi connectivity index (χ1v) is 42.6. The number of phosphoric acid groups is 2. The molecule has 0 radical (unpaired) electrons. The van der Waals surface area contributed by atoms with Gasteiger partial charge in [-0.15, -0.1) is 0 Å². The van der Waals surface area contributed by atoms with Crippen LogP contribution in [0.5, 0.6) is 0 Å². The molecule has 0 aromatic carbocycles. The molecule has 0 spiro atoms. The van der Waals surface area contributed by atoms with E-state index in [1.807, 2.05) is 0 Å². The number of carbonyl (C=O) groups is 4. The Morgan fingerprint density at radius 3 is 0.716 bits per heavy atom. The molecule has 0 aliphatic carbocycles. The summed E-state index contributed by atoms with van der Waals surface area (Å²) < 4.78 is 68.4. The van der Waals surface area contributed by atoms with Gasteiger partial charge >= 0.3 is 39.5 Å². The van der Waals surface area contributed by atoms with Crippen LogP contribution in [0.2, 0.25) is 0 Å². The quantitative estimate of drug-likeness (QED) is 0.0222. The largest absolute Gasteiger partial charge is 0.472 e. The highest BCUT2D eigenvalue weighted by Gasteiger charge is 2.30. The number of ether oxygens (including phenoxy) is 4. The second-order valence-electron chi connectivity index (χ2n) is 27.9. The maximum absolute atomic E-state index is 13.1. The molecule has 5 atom stereocenters. The number of hydrogen-bond donors (Lipinski definition) is 3. The molecular formula is C76H148O17P2. The Morgan fingerprint density at radius 2 is 0.484 bits per heavy atom. The predicted molar refractivity (Wildman–Crippen MR) is 386 cm³/mol. The number of aliphatic hydroxyl groups excluding tert-OH is 1. The molecule has 95 heavy (non-hydrogen) atoms. The number of rotatable bonds is 76. The first-order valence-electron chi connectivity index (χ1n) is 39.6. The van der Waals surface area contributed by atoms with Crippen LogP contribution >= 0.6 is 15.6 Å². The highest BCUT2D eigenvalue weighted by molar-refractivity contribution is 7.47. The van der Waals surface area contributed by atoms with E-state index >= 15 is 0 Å². The molecule has 0 heterocycles. The van der Waals surface area contributed by atoms with Crippen LogP contribution in [0.25, 0.3) is 0 Å². The summed E-state index contributed by atoms with van der Waals surface area (Å²) in [6.07, 6.45) is 58.3. The van der Waals surface area contributed by atoms with E-state index in [1.165, 1.54) is 218 Å². The molecule has 19 heteroatoms. The van der Waals surface area contributed by atoms with E-state index < -0.39 is 97.5 Å². The van der Waals surface area contributed by atoms with Gasteiger partial charge in [0.25, 0.3) is 0 Å². The summed E-state index contributed by atoms with van der Waals surface area (Å²) in [6, 6.07) is 0. The summed E-state index contributed by atoms with van der Waals surface area (Å²) in [7, 11) is -9.90. The summed E-state index contributed by atoms with van der Waals surface area (Å²) in [5.41, 5.74) is 0. The molecule has 3 N–H and O–H groups in total. The van der Waals surface area contributed by atoms with Crippen molar-refractivity contribution in [3.05, 3.63) is 0 Å². The summed E-state index contributed by atoms with van der Waals surface area (Å²) >= 11 is 0. The van der Waals surface area contributed by atoms with Gasteiger partial charge in [0.15, 0.2) is 12.2 Å². The fourth-order valence-electron chi connectivity index (χ4n) is 11.7. The molecule has 0 bridgehead atoms. The van der Waals surface area contributed by atoms with Crippen molar-refractivity contribution in [2.45, 2.75) is 419 Å². The van der Waals surface area contributed by atoms with E-state index in [1.54, 1.807) is 0 Å². The third kappa shape index (κ3) is 70.3. The molecule has 0 aromatic rings. The Kier molecular flexibility index (Phi) is 67.7. The van der Waals surface area contributed by atoms with Crippen LogP contribution in [0.4, 0.5) is 0 Å². The lowest BCUT2D eigenvalue weighted by Crippen LogP contribution is -2.30. The number of aliphatic hydroxyl groups is 1. The van der Waals surface area contributed by atoms with Gasteiger partial charge in [-0.2, -0.15) is 0 Å². The smallest absolute Gasteiger partial charge is 0.462 e. The molecule has 0 aliphatic rings. The standard InChI is InChI=1S/C76H148O17P2/c1-6-9-12-15-18-21-23-25-33-37-40-45-50-55-60-74(79)87-66-72(93-76(81)62-57-52-47-42-38-34-31-29-27-26-28-30-32-35-39-43-48-53-58-69(4)5)68-91-95(84,85)89-64-70(77)63-88-94(82,83)90-67-71(65-86-73(78)59-54-49-44-20-17-14-11-8-3)92-75(80)61-56-51-46-41-36-24-22-19-16-13-10-7-2/h69-72,77H,6-68H2,1-5H3,(H,82,83)(H,84,85)/t70-,71+,72+/m0/s1. The van der Waals surface area contributed by atoms with E-state index in [-0.39, 0.29) is 25.7 Å². The maximum atomic E-state index is 13.1. The number of esters is 4. The highest BCUT2D eigenvalue weighted by Crippen LogP contribution is 2.45. The molecule has 0 amide bonds. The molecule has 17 nitrogen and oxygen atoms in total. The topological polar surface area (TPSA) is 237 Å². The van der Waals surface area contributed by atoms with Gasteiger partial charge in [-0.25, -0.2) is 9.13 Å². The lowest BCUT2D eigenvalue weighted by Gasteiger charge is -2.21. The summed E-state index contributed by atoms with van der Waals surface area (Å²) in [5, 5.41) is 10.6. The molecule has 564 valence electrons. The first-order chi connectivity index (χ1) is 46.0. The minimum atomic E-state index is -4.96. The van der Waals surface area contributed by atoms with Crippen molar-refractivity contribution in [3.8, 4) is 0 Å². The van der Waals surface area contributed by atoms with E-state index in [4.69, 9.17) is 37.0 Å². The average molecular weight is 1400 g/mol. The predicted octanol–water partition coefficient (Wildman–Crippen LogP) is 22.5. The van der Waals surface area contributed by atoms with E-state index in [0.29, 0.717) is 25.7 Å². The molecule has 0 aliphatic heterocycles. The Hall–Kier alpha value is -1.94. The van der Waals surface area contributed by atoms with Crippen LogP contribution in [0.3, 0.4) is 0 Å². The van der Waals surface area contributed by atoms with Crippen molar-refractivity contribution in [2.24, 2.45) is 5.92 Å². The minimum Gasteiger partial charge on any atom is -0.462 e. The van der Waals surface area contributed by atoms with Crippen LogP contribution in [0.15, 0.2) is 0 Å². The molecule has 0 saturated heterocycles. The van der Waals surface area contributed by atoms with E-state index in [2.05, 4.69) is 34.6 Å². The molecular weight excluding hydrogens is 1250 g/mol. The number of unbranched alkanes of at least 4 members (excludes halogenated alkanes) is 48. The third-order valence-electron chi connectivity index (χ3n) is 17.8. The monoisotopic (exact) mass is 1400 g/mol. The van der Waals surface area contributed by atoms with Crippen LogP contribution < -0.4 is 0 Å². The van der Waals surface area contributed by atoms with Gasteiger partial charge in [0.1, 0.15) is 19.3 Å². The van der Waals surface area contributed by atoms with Gasteiger partial charge in [-0.3, -0.25) is 37.3 Å². The van der Waals surface area contributed by atoms with Gasteiger partial charge in [0, 0.05) is 25.7 Å². The molecule has 0 rings (SSSR count). The van der Waals surface area contributed by atoms with Crippen molar-refractivity contribution < 1.29 is 80.2 Å². The second-order valence-corrected chi connectivity index (χ2v) is 30.8. The zero-order valence-electron chi connectivity index (χ0n) is 61.8. The Balaban J connectivity index is 5.17.